The van der Waals surface area contributed by atoms with Gasteiger partial charge in [0.1, 0.15) is 0 Å². The maximum absolute atomic E-state index is 12.5. The van der Waals surface area contributed by atoms with Crippen molar-refractivity contribution in [3.8, 4) is 0 Å². The molecule has 0 heterocycles. The number of hydrogen-bond donors (Lipinski definition) is 1. The molecule has 1 aliphatic carbocycles. The predicted molar refractivity (Wildman–Crippen MR) is 55.0 cm³/mol. The van der Waals surface area contributed by atoms with E-state index in [4.69, 9.17) is 5.11 Å². The summed E-state index contributed by atoms with van der Waals surface area (Å²) in [4.78, 5) is 10.9. The van der Waals surface area contributed by atoms with Crippen molar-refractivity contribution in [1.29, 1.82) is 0 Å². The van der Waals surface area contributed by atoms with Gasteiger partial charge in [-0.15, -0.1) is 0 Å². The van der Waals surface area contributed by atoms with Crippen LogP contribution in [0.4, 0.5) is 13.2 Å². The van der Waals surface area contributed by atoms with Crippen molar-refractivity contribution >= 4 is 5.97 Å². The van der Waals surface area contributed by atoms with Gasteiger partial charge in [0, 0.05) is 0 Å². The highest BCUT2D eigenvalue weighted by Gasteiger charge is 2.33. The molecule has 1 saturated carbocycles. The van der Waals surface area contributed by atoms with Gasteiger partial charge >= 0.3 is 12.1 Å². The van der Waals surface area contributed by atoms with Crippen molar-refractivity contribution in [3.05, 3.63) is 34.9 Å². The number of rotatable bonds is 2. The zero-order valence-corrected chi connectivity index (χ0v) is 8.92. The molecule has 1 fully saturated rings. The average Bonchev–Trinajstić information content (AvgIpc) is 2.13. The number of benzene rings is 1. The van der Waals surface area contributed by atoms with Gasteiger partial charge in [0.15, 0.2) is 0 Å². The molecule has 0 atom stereocenters. The zero-order valence-electron chi connectivity index (χ0n) is 8.92. The Hall–Kier alpha value is -1.52. The van der Waals surface area contributed by atoms with E-state index in [9.17, 15) is 18.0 Å². The number of hydrogen-bond acceptors (Lipinski definition) is 1. The maximum Gasteiger partial charge on any atom is 0.416 e. The molecule has 0 amide bonds. The van der Waals surface area contributed by atoms with Crippen LogP contribution < -0.4 is 0 Å². The Morgan fingerprint density at radius 1 is 1.29 bits per heavy atom. The molecule has 92 valence electrons. The molecule has 0 bridgehead atoms. The number of halogens is 3. The lowest BCUT2D eigenvalue weighted by atomic mass is 9.77. The molecule has 0 unspecified atom stereocenters. The van der Waals surface area contributed by atoms with Gasteiger partial charge in [-0.2, -0.15) is 13.2 Å². The monoisotopic (exact) mass is 244 g/mol. The first kappa shape index (κ1) is 12.0. The third-order valence-electron chi connectivity index (χ3n) is 3.15. The van der Waals surface area contributed by atoms with E-state index in [1.165, 1.54) is 0 Å². The quantitative estimate of drug-likeness (QED) is 0.861. The van der Waals surface area contributed by atoms with Crippen LogP contribution in [0.1, 0.15) is 46.7 Å². The van der Waals surface area contributed by atoms with Crippen molar-refractivity contribution < 1.29 is 23.1 Å². The van der Waals surface area contributed by atoms with Crippen LogP contribution in [-0.2, 0) is 6.18 Å². The van der Waals surface area contributed by atoms with E-state index in [0.717, 1.165) is 37.5 Å². The van der Waals surface area contributed by atoms with Crippen molar-refractivity contribution in [2.45, 2.75) is 31.4 Å². The fraction of sp³-hybridized carbons (Fsp3) is 0.417. The minimum absolute atomic E-state index is 0.0114. The number of carboxylic acids is 1. The lowest BCUT2D eigenvalue weighted by Gasteiger charge is -2.27. The highest BCUT2D eigenvalue weighted by Crippen LogP contribution is 2.40. The molecule has 1 aliphatic rings. The molecule has 0 aliphatic heterocycles. The van der Waals surface area contributed by atoms with Crippen LogP contribution >= 0.6 is 0 Å². The average molecular weight is 244 g/mol. The first-order valence-corrected chi connectivity index (χ1v) is 5.34. The van der Waals surface area contributed by atoms with Crippen LogP contribution in [0.3, 0.4) is 0 Å². The largest absolute Gasteiger partial charge is 0.478 e. The fourth-order valence-corrected chi connectivity index (χ4v) is 1.99. The maximum atomic E-state index is 12.5. The molecule has 0 radical (unpaired) electrons. The molecular formula is C12H11F3O2. The molecule has 17 heavy (non-hydrogen) atoms. The summed E-state index contributed by atoms with van der Waals surface area (Å²) >= 11 is 0. The molecule has 1 aromatic rings. The second-order valence-electron chi connectivity index (χ2n) is 4.23. The minimum Gasteiger partial charge on any atom is -0.478 e. The first-order valence-electron chi connectivity index (χ1n) is 5.34. The molecule has 2 nitrogen and oxygen atoms in total. The second-order valence-corrected chi connectivity index (χ2v) is 4.23. The fourth-order valence-electron chi connectivity index (χ4n) is 1.99. The summed E-state index contributed by atoms with van der Waals surface area (Å²) in [5, 5.41) is 8.95. The van der Waals surface area contributed by atoms with Crippen LogP contribution in [-0.4, -0.2) is 11.1 Å². The van der Waals surface area contributed by atoms with Crippen molar-refractivity contribution in [3.63, 3.8) is 0 Å². The van der Waals surface area contributed by atoms with E-state index in [1.54, 1.807) is 0 Å². The molecule has 0 saturated heterocycles. The van der Waals surface area contributed by atoms with E-state index in [-0.39, 0.29) is 11.5 Å². The van der Waals surface area contributed by atoms with Crippen LogP contribution in [0.25, 0.3) is 0 Å². The van der Waals surface area contributed by atoms with E-state index >= 15 is 0 Å². The van der Waals surface area contributed by atoms with Crippen molar-refractivity contribution in [2.75, 3.05) is 0 Å². The Morgan fingerprint density at radius 2 is 1.94 bits per heavy atom. The van der Waals surface area contributed by atoms with Gasteiger partial charge in [-0.05, 0) is 42.5 Å². The highest BCUT2D eigenvalue weighted by molar-refractivity contribution is 5.89. The Labute approximate surface area is 96.1 Å². The molecule has 2 rings (SSSR count). The van der Waals surface area contributed by atoms with Gasteiger partial charge in [0.2, 0.25) is 0 Å². The molecule has 0 aromatic heterocycles. The standard InChI is InChI=1S/C12H11F3O2/c13-12(14,15)8-4-5-9(11(16)17)10(6-8)7-2-1-3-7/h4-7H,1-3H2,(H,16,17). The topological polar surface area (TPSA) is 37.3 Å². The summed E-state index contributed by atoms with van der Waals surface area (Å²) in [5.41, 5.74) is -0.467. The van der Waals surface area contributed by atoms with Crippen LogP contribution in [0, 0.1) is 0 Å². The summed E-state index contributed by atoms with van der Waals surface area (Å²) in [5.74, 6) is -1.20. The van der Waals surface area contributed by atoms with Crippen LogP contribution in [0.2, 0.25) is 0 Å². The zero-order chi connectivity index (χ0) is 12.6. The van der Waals surface area contributed by atoms with Gasteiger partial charge in [0.25, 0.3) is 0 Å². The smallest absolute Gasteiger partial charge is 0.416 e. The van der Waals surface area contributed by atoms with Crippen molar-refractivity contribution in [2.24, 2.45) is 0 Å². The molecule has 5 heteroatoms. The summed E-state index contributed by atoms with van der Waals surface area (Å²) < 4.78 is 37.6. The molecule has 0 spiro atoms. The predicted octanol–water partition coefficient (Wildman–Crippen LogP) is 3.67. The summed E-state index contributed by atoms with van der Waals surface area (Å²) in [6, 6.07) is 2.86. The normalized spacial score (nSPS) is 16.6. The van der Waals surface area contributed by atoms with E-state index in [1.807, 2.05) is 0 Å². The molecule has 1 aromatic carbocycles. The van der Waals surface area contributed by atoms with E-state index < -0.39 is 17.7 Å². The summed E-state index contributed by atoms with van der Waals surface area (Å²) in [6.45, 7) is 0. The van der Waals surface area contributed by atoms with Gasteiger partial charge < -0.3 is 5.11 Å². The number of carboxylic acid groups (broad SMARTS) is 1. The third-order valence-corrected chi connectivity index (χ3v) is 3.15. The molecule has 1 N–H and O–H groups in total. The lowest BCUT2D eigenvalue weighted by molar-refractivity contribution is -0.137. The SMILES string of the molecule is O=C(O)c1ccc(C(F)(F)F)cc1C1CCC1. The summed E-state index contributed by atoms with van der Waals surface area (Å²) in [7, 11) is 0. The number of carbonyl (C=O) groups is 1. The summed E-state index contributed by atoms with van der Waals surface area (Å²) in [6.07, 6.45) is -1.95. The first-order chi connectivity index (χ1) is 7.89. The second kappa shape index (κ2) is 4.05. The highest BCUT2D eigenvalue weighted by atomic mass is 19.4. The van der Waals surface area contributed by atoms with E-state index in [2.05, 4.69) is 0 Å². The van der Waals surface area contributed by atoms with Gasteiger partial charge in [-0.1, -0.05) is 6.42 Å². The Balaban J connectivity index is 2.46. The minimum atomic E-state index is -4.42. The Bertz CT molecular complexity index is 448. The van der Waals surface area contributed by atoms with Gasteiger partial charge in [-0.3, -0.25) is 0 Å². The lowest BCUT2D eigenvalue weighted by Crippen LogP contribution is -2.16. The van der Waals surface area contributed by atoms with Crippen molar-refractivity contribution in [1.82, 2.24) is 0 Å². The van der Waals surface area contributed by atoms with Crippen LogP contribution in [0.15, 0.2) is 18.2 Å². The van der Waals surface area contributed by atoms with Gasteiger partial charge in [0.05, 0.1) is 11.1 Å². The third kappa shape index (κ3) is 2.28. The Morgan fingerprint density at radius 3 is 2.35 bits per heavy atom. The number of alkyl halides is 3. The Kier molecular flexibility index (Phi) is 2.85. The number of aromatic carboxylic acids is 1. The van der Waals surface area contributed by atoms with E-state index in [0.29, 0.717) is 5.56 Å². The van der Waals surface area contributed by atoms with Gasteiger partial charge in [-0.25, -0.2) is 4.79 Å². The molecular weight excluding hydrogens is 233 g/mol. The van der Waals surface area contributed by atoms with Crippen LogP contribution in [0.5, 0.6) is 0 Å².